The number of phenolic OH excluding ortho intramolecular Hbond substituents is 1. The van der Waals surface area contributed by atoms with Crippen molar-refractivity contribution in [1.29, 1.82) is 0 Å². The molecule has 1 aromatic carbocycles. The van der Waals surface area contributed by atoms with Crippen molar-refractivity contribution in [2.75, 3.05) is 0 Å². The molecule has 0 aliphatic carbocycles. The van der Waals surface area contributed by atoms with Crippen LogP contribution in [0.4, 0.5) is 0 Å². The molecule has 0 spiro atoms. The van der Waals surface area contributed by atoms with Gasteiger partial charge in [-0.25, -0.2) is 0 Å². The molecule has 0 aromatic heterocycles. The van der Waals surface area contributed by atoms with Crippen molar-refractivity contribution < 1.29 is 9.84 Å². The van der Waals surface area contributed by atoms with E-state index in [1.807, 2.05) is 13.8 Å². The summed E-state index contributed by atoms with van der Waals surface area (Å²) in [4.78, 5) is 0. The zero-order chi connectivity index (χ0) is 23.2. The van der Waals surface area contributed by atoms with Gasteiger partial charge in [0.05, 0.1) is 0 Å². The summed E-state index contributed by atoms with van der Waals surface area (Å²) in [6.07, 6.45) is 15.8. The SMILES string of the molecule is CC(C)=CCC/C(C)=C/CC/C(C)=C\CCC1(C)CCc2c(C)c(O)c(C)c(C)c2O1. The molecule has 1 aromatic rings. The Kier molecular flexibility index (Phi) is 9.03. The standard InChI is InChI=1S/C29H44O2/c1-20(2)12-9-13-21(3)14-10-15-22(4)16-11-18-29(8)19-17-26-25(7)27(30)23(5)24(6)28(26)31-29/h12,14,16,30H,9-11,13,15,17-19H2,1-8H3/b21-14+,22-16-. The van der Waals surface area contributed by atoms with Gasteiger partial charge in [0.2, 0.25) is 0 Å². The summed E-state index contributed by atoms with van der Waals surface area (Å²) in [5.41, 5.74) is 8.45. The van der Waals surface area contributed by atoms with Gasteiger partial charge in [-0.2, -0.15) is 0 Å². The van der Waals surface area contributed by atoms with Crippen LogP contribution in [-0.4, -0.2) is 10.7 Å². The Balaban J connectivity index is 1.88. The highest BCUT2D eigenvalue weighted by Gasteiger charge is 2.33. The lowest BCUT2D eigenvalue weighted by molar-refractivity contribution is 0.0558. The van der Waals surface area contributed by atoms with Gasteiger partial charge < -0.3 is 9.84 Å². The molecule has 0 fully saturated rings. The molecule has 0 saturated carbocycles. The molecule has 2 nitrogen and oxygen atoms in total. The Morgan fingerprint density at radius 2 is 1.45 bits per heavy atom. The highest BCUT2D eigenvalue weighted by molar-refractivity contribution is 5.58. The zero-order valence-corrected chi connectivity index (χ0v) is 21.2. The molecule has 172 valence electrons. The molecule has 1 aliphatic rings. The predicted octanol–water partition coefficient (Wildman–Crippen LogP) is 8.60. The topological polar surface area (TPSA) is 29.5 Å². The number of rotatable bonds is 9. The lowest BCUT2D eigenvalue weighted by Crippen LogP contribution is -2.37. The third-order valence-electron chi connectivity index (χ3n) is 6.88. The van der Waals surface area contributed by atoms with Crippen molar-refractivity contribution in [3.8, 4) is 11.5 Å². The molecule has 0 bridgehead atoms. The Morgan fingerprint density at radius 1 is 0.871 bits per heavy atom. The molecule has 1 atom stereocenters. The first-order valence-corrected chi connectivity index (χ1v) is 12.0. The minimum absolute atomic E-state index is 0.133. The van der Waals surface area contributed by atoms with E-state index in [-0.39, 0.29) is 5.60 Å². The van der Waals surface area contributed by atoms with E-state index >= 15 is 0 Å². The van der Waals surface area contributed by atoms with Gasteiger partial charge in [0.1, 0.15) is 17.1 Å². The summed E-state index contributed by atoms with van der Waals surface area (Å²) in [5.74, 6) is 1.44. The van der Waals surface area contributed by atoms with Gasteiger partial charge >= 0.3 is 0 Å². The molecular formula is C29H44O2. The molecule has 1 unspecified atom stereocenters. The number of fused-ring (bicyclic) bond motifs is 1. The van der Waals surface area contributed by atoms with Crippen LogP contribution in [0.15, 0.2) is 34.9 Å². The molecule has 0 radical (unpaired) electrons. The van der Waals surface area contributed by atoms with Crippen molar-refractivity contribution in [1.82, 2.24) is 0 Å². The summed E-state index contributed by atoms with van der Waals surface area (Å²) < 4.78 is 6.56. The van der Waals surface area contributed by atoms with Crippen LogP contribution in [0, 0.1) is 20.8 Å². The maximum atomic E-state index is 10.4. The number of hydrogen-bond acceptors (Lipinski definition) is 2. The third kappa shape index (κ3) is 7.02. The second-order valence-corrected chi connectivity index (χ2v) is 10.1. The summed E-state index contributed by atoms with van der Waals surface area (Å²) in [5, 5.41) is 10.4. The fourth-order valence-corrected chi connectivity index (χ4v) is 4.43. The number of phenols is 1. The fourth-order valence-electron chi connectivity index (χ4n) is 4.43. The second-order valence-electron chi connectivity index (χ2n) is 10.1. The number of ether oxygens (including phenoxy) is 1. The first-order chi connectivity index (χ1) is 14.5. The van der Waals surface area contributed by atoms with Gasteiger partial charge in [-0.3, -0.25) is 0 Å². The van der Waals surface area contributed by atoms with Crippen molar-refractivity contribution in [2.24, 2.45) is 0 Å². The highest BCUT2D eigenvalue weighted by Crippen LogP contribution is 2.44. The molecule has 0 saturated heterocycles. The van der Waals surface area contributed by atoms with Crippen LogP contribution in [0.1, 0.15) is 102 Å². The van der Waals surface area contributed by atoms with Gasteiger partial charge in [-0.05, 0) is 123 Å². The van der Waals surface area contributed by atoms with Crippen molar-refractivity contribution in [2.45, 2.75) is 112 Å². The number of benzene rings is 1. The minimum atomic E-state index is -0.133. The molecule has 1 N–H and O–H groups in total. The fraction of sp³-hybridized carbons (Fsp3) is 0.586. The monoisotopic (exact) mass is 424 g/mol. The average molecular weight is 425 g/mol. The van der Waals surface area contributed by atoms with Crippen LogP contribution in [0.2, 0.25) is 0 Å². The molecule has 2 rings (SSSR count). The average Bonchev–Trinajstić information content (AvgIpc) is 2.70. The Morgan fingerprint density at radius 3 is 2.06 bits per heavy atom. The van der Waals surface area contributed by atoms with Crippen molar-refractivity contribution >= 4 is 0 Å². The smallest absolute Gasteiger partial charge is 0.127 e. The lowest BCUT2D eigenvalue weighted by Gasteiger charge is -2.38. The van der Waals surface area contributed by atoms with E-state index < -0.39 is 0 Å². The molecule has 1 heterocycles. The van der Waals surface area contributed by atoms with Crippen LogP contribution >= 0.6 is 0 Å². The van der Waals surface area contributed by atoms with Crippen LogP contribution in [-0.2, 0) is 6.42 Å². The van der Waals surface area contributed by atoms with Crippen LogP contribution in [0.3, 0.4) is 0 Å². The normalized spacial score (nSPS) is 19.1. The zero-order valence-electron chi connectivity index (χ0n) is 21.2. The lowest BCUT2D eigenvalue weighted by atomic mass is 9.85. The number of aromatic hydroxyl groups is 1. The predicted molar refractivity (Wildman–Crippen MR) is 134 cm³/mol. The van der Waals surface area contributed by atoms with Gasteiger partial charge in [-0.1, -0.05) is 34.9 Å². The summed E-state index contributed by atoms with van der Waals surface area (Å²) in [7, 11) is 0. The van der Waals surface area contributed by atoms with E-state index in [4.69, 9.17) is 4.74 Å². The first-order valence-electron chi connectivity index (χ1n) is 12.0. The summed E-state index contributed by atoms with van der Waals surface area (Å²) >= 11 is 0. The quantitative estimate of drug-likeness (QED) is 0.402. The Hall–Kier alpha value is -1.96. The highest BCUT2D eigenvalue weighted by atomic mass is 16.5. The van der Waals surface area contributed by atoms with Gasteiger partial charge in [-0.15, -0.1) is 0 Å². The van der Waals surface area contributed by atoms with Crippen molar-refractivity contribution in [3.05, 3.63) is 57.2 Å². The summed E-state index contributed by atoms with van der Waals surface area (Å²) in [6.45, 7) is 17.1. The largest absolute Gasteiger partial charge is 0.507 e. The minimum Gasteiger partial charge on any atom is -0.507 e. The Bertz CT molecular complexity index is 865. The van der Waals surface area contributed by atoms with E-state index in [0.717, 1.165) is 67.4 Å². The molecule has 0 amide bonds. The second kappa shape index (κ2) is 11.1. The maximum Gasteiger partial charge on any atom is 0.127 e. The van der Waals surface area contributed by atoms with Crippen LogP contribution in [0.25, 0.3) is 0 Å². The van der Waals surface area contributed by atoms with Crippen LogP contribution in [0.5, 0.6) is 11.5 Å². The molecule has 2 heteroatoms. The summed E-state index contributed by atoms with van der Waals surface area (Å²) in [6, 6.07) is 0. The van der Waals surface area contributed by atoms with Gasteiger partial charge in [0, 0.05) is 5.56 Å². The number of allylic oxidation sites excluding steroid dienone is 6. The third-order valence-corrected chi connectivity index (χ3v) is 6.88. The number of hydrogen-bond donors (Lipinski definition) is 1. The molecule has 31 heavy (non-hydrogen) atoms. The maximum absolute atomic E-state index is 10.4. The van der Waals surface area contributed by atoms with E-state index in [9.17, 15) is 5.11 Å². The van der Waals surface area contributed by atoms with E-state index in [0.29, 0.717) is 5.75 Å². The van der Waals surface area contributed by atoms with E-state index in [2.05, 4.69) is 59.8 Å². The van der Waals surface area contributed by atoms with Gasteiger partial charge in [0.15, 0.2) is 0 Å². The van der Waals surface area contributed by atoms with Crippen molar-refractivity contribution in [3.63, 3.8) is 0 Å². The van der Waals surface area contributed by atoms with E-state index in [1.165, 1.54) is 28.7 Å². The first kappa shape index (κ1) is 25.3. The molecular weight excluding hydrogens is 380 g/mol. The van der Waals surface area contributed by atoms with Gasteiger partial charge in [0.25, 0.3) is 0 Å². The molecule has 1 aliphatic heterocycles. The van der Waals surface area contributed by atoms with Crippen LogP contribution < -0.4 is 4.74 Å². The van der Waals surface area contributed by atoms with E-state index in [1.54, 1.807) is 0 Å². The Labute approximate surface area is 191 Å².